The fourth-order valence-corrected chi connectivity index (χ4v) is 4.07. The molecule has 1 unspecified atom stereocenters. The van der Waals surface area contributed by atoms with E-state index in [1.165, 1.54) is 64.2 Å². The summed E-state index contributed by atoms with van der Waals surface area (Å²) in [5.41, 5.74) is 3.32. The molecule has 98 valence electrons. The van der Waals surface area contributed by atoms with Crippen LogP contribution in [0.4, 0.5) is 0 Å². The van der Waals surface area contributed by atoms with E-state index in [1.54, 1.807) is 11.1 Å². The SMILES string of the molecule is c1ccc2c(c1)CCCC2CCC1CCCCC1. The lowest BCUT2D eigenvalue weighted by atomic mass is 9.77. The highest BCUT2D eigenvalue weighted by atomic mass is 14.3. The summed E-state index contributed by atoms with van der Waals surface area (Å²) in [6, 6.07) is 9.18. The van der Waals surface area contributed by atoms with Crippen LogP contribution >= 0.6 is 0 Å². The molecule has 2 aliphatic carbocycles. The smallest absolute Gasteiger partial charge is 0.0159 e. The first-order valence-electron chi connectivity index (χ1n) is 8.01. The van der Waals surface area contributed by atoms with E-state index in [9.17, 15) is 0 Å². The Labute approximate surface area is 112 Å². The van der Waals surface area contributed by atoms with Crippen molar-refractivity contribution in [1.82, 2.24) is 0 Å². The molecule has 0 N–H and O–H groups in total. The van der Waals surface area contributed by atoms with Crippen molar-refractivity contribution in [3.8, 4) is 0 Å². The lowest BCUT2D eigenvalue weighted by Crippen LogP contribution is -2.12. The molecule has 3 rings (SSSR count). The van der Waals surface area contributed by atoms with Gasteiger partial charge >= 0.3 is 0 Å². The minimum atomic E-state index is 0.872. The van der Waals surface area contributed by atoms with Gasteiger partial charge in [0, 0.05) is 0 Å². The van der Waals surface area contributed by atoms with Crippen LogP contribution in [-0.2, 0) is 6.42 Å². The van der Waals surface area contributed by atoms with E-state index in [0.717, 1.165) is 11.8 Å². The van der Waals surface area contributed by atoms with Crippen molar-refractivity contribution in [2.24, 2.45) is 5.92 Å². The van der Waals surface area contributed by atoms with Crippen molar-refractivity contribution in [1.29, 1.82) is 0 Å². The van der Waals surface area contributed by atoms with E-state index in [0.29, 0.717) is 0 Å². The number of hydrogen-bond donors (Lipinski definition) is 0. The fraction of sp³-hybridized carbons (Fsp3) is 0.667. The summed E-state index contributed by atoms with van der Waals surface area (Å²) in [5.74, 6) is 1.92. The molecule has 0 radical (unpaired) electrons. The predicted molar refractivity (Wildman–Crippen MR) is 77.9 cm³/mol. The van der Waals surface area contributed by atoms with Crippen molar-refractivity contribution < 1.29 is 0 Å². The molecule has 1 fully saturated rings. The van der Waals surface area contributed by atoms with Crippen LogP contribution in [0.2, 0.25) is 0 Å². The normalized spacial score (nSPS) is 24.8. The molecule has 0 aromatic heterocycles. The Bertz CT molecular complexity index is 373. The summed E-state index contributed by atoms with van der Waals surface area (Å²) in [7, 11) is 0. The highest BCUT2D eigenvalue weighted by Gasteiger charge is 2.21. The summed E-state index contributed by atoms with van der Waals surface area (Å²) in [4.78, 5) is 0. The Morgan fingerprint density at radius 3 is 2.56 bits per heavy atom. The Hall–Kier alpha value is -0.780. The summed E-state index contributed by atoms with van der Waals surface area (Å²) < 4.78 is 0. The van der Waals surface area contributed by atoms with Crippen LogP contribution < -0.4 is 0 Å². The van der Waals surface area contributed by atoms with Gasteiger partial charge in [0.05, 0.1) is 0 Å². The topological polar surface area (TPSA) is 0 Å². The number of rotatable bonds is 3. The highest BCUT2D eigenvalue weighted by Crippen LogP contribution is 2.37. The Morgan fingerprint density at radius 2 is 1.67 bits per heavy atom. The molecule has 0 heterocycles. The summed E-state index contributed by atoms with van der Waals surface area (Å²) in [5, 5.41) is 0. The first-order chi connectivity index (χ1) is 8.93. The zero-order valence-electron chi connectivity index (χ0n) is 11.5. The zero-order valence-corrected chi connectivity index (χ0v) is 11.5. The van der Waals surface area contributed by atoms with Gasteiger partial charge in [0.2, 0.25) is 0 Å². The molecule has 1 aromatic carbocycles. The first-order valence-corrected chi connectivity index (χ1v) is 8.01. The second-order valence-electron chi connectivity index (χ2n) is 6.37. The number of aryl methyl sites for hydroxylation is 1. The molecule has 18 heavy (non-hydrogen) atoms. The molecule has 1 atom stereocenters. The third kappa shape index (κ3) is 2.79. The molecule has 0 nitrogen and oxygen atoms in total. The fourth-order valence-electron chi connectivity index (χ4n) is 4.07. The van der Waals surface area contributed by atoms with Gasteiger partial charge in [0.15, 0.2) is 0 Å². The maximum atomic E-state index is 2.39. The number of fused-ring (bicyclic) bond motifs is 1. The Morgan fingerprint density at radius 1 is 0.833 bits per heavy atom. The maximum Gasteiger partial charge on any atom is -0.0159 e. The third-order valence-electron chi connectivity index (χ3n) is 5.14. The monoisotopic (exact) mass is 242 g/mol. The second kappa shape index (κ2) is 5.91. The average molecular weight is 242 g/mol. The van der Waals surface area contributed by atoms with Gasteiger partial charge in [-0.05, 0) is 55.1 Å². The lowest BCUT2D eigenvalue weighted by molar-refractivity contribution is 0.317. The third-order valence-corrected chi connectivity index (χ3v) is 5.14. The molecule has 0 heteroatoms. The minimum Gasteiger partial charge on any atom is -0.0620 e. The van der Waals surface area contributed by atoms with Gasteiger partial charge in [-0.2, -0.15) is 0 Å². The van der Waals surface area contributed by atoms with Crippen LogP contribution in [0, 0.1) is 5.92 Å². The van der Waals surface area contributed by atoms with Crippen molar-refractivity contribution in [2.75, 3.05) is 0 Å². The molecule has 0 spiro atoms. The van der Waals surface area contributed by atoms with E-state index in [4.69, 9.17) is 0 Å². The molecule has 2 aliphatic rings. The van der Waals surface area contributed by atoms with E-state index in [-0.39, 0.29) is 0 Å². The van der Waals surface area contributed by atoms with Gasteiger partial charge < -0.3 is 0 Å². The maximum absolute atomic E-state index is 2.39. The second-order valence-corrected chi connectivity index (χ2v) is 6.37. The quantitative estimate of drug-likeness (QED) is 0.659. The van der Waals surface area contributed by atoms with Gasteiger partial charge in [0.1, 0.15) is 0 Å². The largest absolute Gasteiger partial charge is 0.0620 e. The summed E-state index contributed by atoms with van der Waals surface area (Å²) >= 11 is 0. The lowest BCUT2D eigenvalue weighted by Gasteiger charge is -2.28. The standard InChI is InChI=1S/C18H26/c1-2-7-15(8-3-1)13-14-17-11-6-10-16-9-4-5-12-18(16)17/h4-5,9,12,15,17H,1-3,6-8,10-11,13-14H2. The van der Waals surface area contributed by atoms with Crippen LogP contribution in [0.5, 0.6) is 0 Å². The van der Waals surface area contributed by atoms with Gasteiger partial charge in [-0.25, -0.2) is 0 Å². The van der Waals surface area contributed by atoms with Crippen molar-refractivity contribution in [2.45, 2.75) is 70.1 Å². The number of hydrogen-bond acceptors (Lipinski definition) is 0. The minimum absolute atomic E-state index is 0.872. The Balaban J connectivity index is 1.60. The molecule has 1 saturated carbocycles. The van der Waals surface area contributed by atoms with Crippen LogP contribution in [0.3, 0.4) is 0 Å². The van der Waals surface area contributed by atoms with E-state index < -0.39 is 0 Å². The van der Waals surface area contributed by atoms with Crippen LogP contribution in [-0.4, -0.2) is 0 Å². The molecular formula is C18H26. The summed E-state index contributed by atoms with van der Waals surface area (Å²) in [6.07, 6.45) is 14.6. The van der Waals surface area contributed by atoms with Crippen molar-refractivity contribution >= 4 is 0 Å². The molecule has 0 aliphatic heterocycles. The van der Waals surface area contributed by atoms with Crippen LogP contribution in [0.25, 0.3) is 0 Å². The van der Waals surface area contributed by atoms with Crippen molar-refractivity contribution in [3.05, 3.63) is 35.4 Å². The van der Waals surface area contributed by atoms with Crippen LogP contribution in [0.15, 0.2) is 24.3 Å². The Kier molecular flexibility index (Phi) is 4.02. The van der Waals surface area contributed by atoms with Gasteiger partial charge in [-0.3, -0.25) is 0 Å². The van der Waals surface area contributed by atoms with Gasteiger partial charge in [-0.1, -0.05) is 56.4 Å². The van der Waals surface area contributed by atoms with Crippen molar-refractivity contribution in [3.63, 3.8) is 0 Å². The van der Waals surface area contributed by atoms with E-state index >= 15 is 0 Å². The molecule has 1 aromatic rings. The zero-order chi connectivity index (χ0) is 12.2. The molecular weight excluding hydrogens is 216 g/mol. The summed E-state index contributed by atoms with van der Waals surface area (Å²) in [6.45, 7) is 0. The van der Waals surface area contributed by atoms with E-state index in [1.807, 2.05) is 0 Å². The number of benzene rings is 1. The molecule has 0 bridgehead atoms. The van der Waals surface area contributed by atoms with E-state index in [2.05, 4.69) is 24.3 Å². The highest BCUT2D eigenvalue weighted by molar-refractivity contribution is 5.32. The molecule has 0 saturated heterocycles. The predicted octanol–water partition coefficient (Wildman–Crippen LogP) is 5.47. The molecule has 0 amide bonds. The van der Waals surface area contributed by atoms with Gasteiger partial charge in [-0.15, -0.1) is 0 Å². The first kappa shape index (κ1) is 12.3. The average Bonchev–Trinajstić information content (AvgIpc) is 2.46. The van der Waals surface area contributed by atoms with Gasteiger partial charge in [0.25, 0.3) is 0 Å². The van der Waals surface area contributed by atoms with Crippen LogP contribution in [0.1, 0.15) is 74.8 Å².